The van der Waals surface area contributed by atoms with Gasteiger partial charge in [0.05, 0.1) is 17.9 Å². The molecule has 0 fully saturated rings. The van der Waals surface area contributed by atoms with E-state index in [0.29, 0.717) is 16.9 Å². The molecule has 0 unspecified atom stereocenters. The van der Waals surface area contributed by atoms with Crippen LogP contribution in [-0.4, -0.2) is 5.97 Å². The molecule has 0 aliphatic rings. The first-order valence-corrected chi connectivity index (χ1v) is 7.66. The SMILES string of the molecule is N#Cc1ccc(COC(=O)c2occc2COc2ccccc2)cc1. The molecule has 0 bridgehead atoms. The number of para-hydroxylation sites is 1. The molecule has 0 atom stereocenters. The van der Waals surface area contributed by atoms with Crippen molar-refractivity contribution in [2.75, 3.05) is 0 Å². The standard InChI is InChI=1S/C20H15NO4/c21-12-15-6-8-16(9-7-15)13-25-20(22)19-17(10-11-23-19)14-24-18-4-2-1-3-5-18/h1-11H,13-14H2. The van der Waals surface area contributed by atoms with Gasteiger partial charge in [0.2, 0.25) is 5.76 Å². The van der Waals surface area contributed by atoms with Gasteiger partial charge < -0.3 is 13.9 Å². The summed E-state index contributed by atoms with van der Waals surface area (Å²) in [7, 11) is 0. The Morgan fingerprint density at radius 2 is 1.76 bits per heavy atom. The molecule has 2 aromatic carbocycles. The van der Waals surface area contributed by atoms with Crippen molar-refractivity contribution in [3.8, 4) is 11.8 Å². The summed E-state index contributed by atoms with van der Waals surface area (Å²) in [4.78, 5) is 12.2. The normalized spacial score (nSPS) is 10.0. The summed E-state index contributed by atoms with van der Waals surface area (Å²) in [6, 6.07) is 19.9. The number of esters is 1. The molecule has 0 aliphatic heterocycles. The lowest BCUT2D eigenvalue weighted by Gasteiger charge is -2.07. The Kier molecular flexibility index (Phi) is 5.13. The van der Waals surface area contributed by atoms with Gasteiger partial charge >= 0.3 is 5.97 Å². The van der Waals surface area contributed by atoms with Crippen LogP contribution in [0.25, 0.3) is 0 Å². The molecule has 0 saturated carbocycles. The predicted octanol–water partition coefficient (Wildman–Crippen LogP) is 4.09. The molecule has 0 radical (unpaired) electrons. The van der Waals surface area contributed by atoms with Gasteiger partial charge in [-0.3, -0.25) is 0 Å². The van der Waals surface area contributed by atoms with Gasteiger partial charge in [0.15, 0.2) is 0 Å². The first-order chi connectivity index (χ1) is 12.3. The second-order valence-corrected chi connectivity index (χ2v) is 5.26. The van der Waals surface area contributed by atoms with Crippen molar-refractivity contribution >= 4 is 5.97 Å². The van der Waals surface area contributed by atoms with Crippen LogP contribution in [0.2, 0.25) is 0 Å². The molecule has 124 valence electrons. The van der Waals surface area contributed by atoms with Gasteiger partial charge in [-0.15, -0.1) is 0 Å². The zero-order valence-electron chi connectivity index (χ0n) is 13.3. The lowest BCUT2D eigenvalue weighted by molar-refractivity contribution is 0.0432. The van der Waals surface area contributed by atoms with Gasteiger partial charge in [-0.2, -0.15) is 5.26 Å². The van der Waals surface area contributed by atoms with Crippen LogP contribution in [0.4, 0.5) is 0 Å². The number of ether oxygens (including phenoxy) is 2. The molecule has 3 aromatic rings. The average Bonchev–Trinajstić information content (AvgIpc) is 3.14. The molecule has 0 N–H and O–H groups in total. The molecular weight excluding hydrogens is 318 g/mol. The first-order valence-electron chi connectivity index (χ1n) is 7.66. The van der Waals surface area contributed by atoms with Gasteiger partial charge in [-0.1, -0.05) is 30.3 Å². The van der Waals surface area contributed by atoms with Crippen LogP contribution in [0.1, 0.15) is 27.2 Å². The fraction of sp³-hybridized carbons (Fsp3) is 0.100. The van der Waals surface area contributed by atoms with Crippen LogP contribution in [0, 0.1) is 11.3 Å². The van der Waals surface area contributed by atoms with E-state index in [1.165, 1.54) is 6.26 Å². The van der Waals surface area contributed by atoms with E-state index in [1.54, 1.807) is 30.3 Å². The lowest BCUT2D eigenvalue weighted by atomic mass is 10.2. The highest BCUT2D eigenvalue weighted by atomic mass is 16.5. The van der Waals surface area contributed by atoms with Crippen molar-refractivity contribution < 1.29 is 18.7 Å². The van der Waals surface area contributed by atoms with Crippen LogP contribution >= 0.6 is 0 Å². The van der Waals surface area contributed by atoms with Crippen LogP contribution in [-0.2, 0) is 18.0 Å². The fourth-order valence-electron chi connectivity index (χ4n) is 2.20. The number of nitriles is 1. The van der Waals surface area contributed by atoms with E-state index in [0.717, 1.165) is 5.56 Å². The number of carbonyl (C=O) groups excluding carboxylic acids is 1. The van der Waals surface area contributed by atoms with Gasteiger partial charge in [0.25, 0.3) is 0 Å². The Morgan fingerprint density at radius 1 is 1.00 bits per heavy atom. The maximum atomic E-state index is 12.2. The van der Waals surface area contributed by atoms with E-state index in [4.69, 9.17) is 19.2 Å². The maximum Gasteiger partial charge on any atom is 0.374 e. The second kappa shape index (κ2) is 7.84. The Balaban J connectivity index is 1.59. The summed E-state index contributed by atoms with van der Waals surface area (Å²) in [5.41, 5.74) is 1.97. The van der Waals surface area contributed by atoms with Crippen LogP contribution in [0.3, 0.4) is 0 Å². The number of rotatable bonds is 6. The van der Waals surface area contributed by atoms with Gasteiger partial charge in [0.1, 0.15) is 19.0 Å². The van der Waals surface area contributed by atoms with Crippen molar-refractivity contribution in [2.45, 2.75) is 13.2 Å². The van der Waals surface area contributed by atoms with E-state index in [1.807, 2.05) is 36.4 Å². The summed E-state index contributed by atoms with van der Waals surface area (Å²) in [6.07, 6.45) is 1.43. The largest absolute Gasteiger partial charge is 0.489 e. The summed E-state index contributed by atoms with van der Waals surface area (Å²) >= 11 is 0. The summed E-state index contributed by atoms with van der Waals surface area (Å²) in [5.74, 6) is 0.284. The van der Waals surface area contributed by atoms with E-state index in [2.05, 4.69) is 0 Å². The van der Waals surface area contributed by atoms with Crippen LogP contribution in [0.5, 0.6) is 5.75 Å². The number of nitrogens with zero attached hydrogens (tertiary/aromatic N) is 1. The molecule has 1 aromatic heterocycles. The number of hydrogen-bond donors (Lipinski definition) is 0. The van der Waals surface area contributed by atoms with E-state index < -0.39 is 5.97 Å². The molecule has 5 heteroatoms. The van der Waals surface area contributed by atoms with Crippen molar-refractivity contribution in [2.24, 2.45) is 0 Å². The van der Waals surface area contributed by atoms with Crippen molar-refractivity contribution in [1.82, 2.24) is 0 Å². The molecule has 5 nitrogen and oxygen atoms in total. The smallest absolute Gasteiger partial charge is 0.374 e. The number of carbonyl (C=O) groups is 1. The highest BCUT2D eigenvalue weighted by Crippen LogP contribution is 2.17. The van der Waals surface area contributed by atoms with Crippen LogP contribution in [0.15, 0.2) is 71.3 Å². The van der Waals surface area contributed by atoms with E-state index in [9.17, 15) is 4.79 Å². The van der Waals surface area contributed by atoms with Crippen molar-refractivity contribution in [1.29, 1.82) is 5.26 Å². The number of benzene rings is 2. The minimum atomic E-state index is -0.555. The summed E-state index contributed by atoms with van der Waals surface area (Å²) in [5, 5.41) is 8.78. The highest BCUT2D eigenvalue weighted by molar-refractivity contribution is 5.87. The topological polar surface area (TPSA) is 72.5 Å². The Labute approximate surface area is 145 Å². The van der Waals surface area contributed by atoms with Gasteiger partial charge in [0, 0.05) is 5.56 Å². The monoisotopic (exact) mass is 333 g/mol. The molecule has 0 aliphatic carbocycles. The fourth-order valence-corrected chi connectivity index (χ4v) is 2.20. The predicted molar refractivity (Wildman–Crippen MR) is 89.8 cm³/mol. The quantitative estimate of drug-likeness (QED) is 0.635. The third-order valence-electron chi connectivity index (χ3n) is 3.52. The zero-order valence-corrected chi connectivity index (χ0v) is 13.3. The number of furan rings is 1. The van der Waals surface area contributed by atoms with Gasteiger partial charge in [-0.05, 0) is 35.9 Å². The average molecular weight is 333 g/mol. The first kappa shape index (κ1) is 16.3. The van der Waals surface area contributed by atoms with Crippen molar-refractivity contribution in [3.05, 3.63) is 89.4 Å². The molecular formula is C20H15NO4. The highest BCUT2D eigenvalue weighted by Gasteiger charge is 2.17. The molecule has 1 heterocycles. The molecule has 25 heavy (non-hydrogen) atoms. The Morgan fingerprint density at radius 3 is 2.48 bits per heavy atom. The van der Waals surface area contributed by atoms with Crippen molar-refractivity contribution in [3.63, 3.8) is 0 Å². The third kappa shape index (κ3) is 4.27. The minimum absolute atomic E-state index is 0.101. The van der Waals surface area contributed by atoms with E-state index >= 15 is 0 Å². The summed E-state index contributed by atoms with van der Waals surface area (Å²) < 4.78 is 16.1. The van der Waals surface area contributed by atoms with Crippen LogP contribution < -0.4 is 4.74 Å². The molecule has 0 amide bonds. The van der Waals surface area contributed by atoms with Gasteiger partial charge in [-0.25, -0.2) is 4.79 Å². The molecule has 0 spiro atoms. The third-order valence-corrected chi connectivity index (χ3v) is 3.52. The molecule has 3 rings (SSSR count). The lowest BCUT2D eigenvalue weighted by Crippen LogP contribution is -2.08. The second-order valence-electron chi connectivity index (χ2n) is 5.26. The Hall–Kier alpha value is -3.52. The maximum absolute atomic E-state index is 12.2. The van der Waals surface area contributed by atoms with E-state index in [-0.39, 0.29) is 19.0 Å². The number of hydrogen-bond acceptors (Lipinski definition) is 5. The Bertz CT molecular complexity index is 876. The molecule has 0 saturated heterocycles. The minimum Gasteiger partial charge on any atom is -0.489 e. The summed E-state index contributed by atoms with van der Waals surface area (Å²) in [6.45, 7) is 0.312. The zero-order chi connectivity index (χ0) is 17.5.